The number of rotatable bonds is 7. The number of hydrogen-bond donors (Lipinski definition) is 1. The Balaban J connectivity index is 1.73. The molecule has 2 aromatic carbocycles. The average Bonchev–Trinajstić information content (AvgIpc) is 2.59. The number of ether oxygens (including phenoxy) is 2. The summed E-state index contributed by atoms with van der Waals surface area (Å²) in [4.78, 5) is 23.7. The molecule has 1 amide bonds. The molecule has 0 saturated carbocycles. The minimum atomic E-state index is -0.882. The molecule has 0 bridgehead atoms. The summed E-state index contributed by atoms with van der Waals surface area (Å²) in [6.45, 7) is 1.65. The highest BCUT2D eigenvalue weighted by Crippen LogP contribution is 2.17. The molecule has 0 unspecified atom stereocenters. The largest absolute Gasteiger partial charge is 0.482 e. The Morgan fingerprint density at radius 3 is 2.58 bits per heavy atom. The molecule has 0 aliphatic rings. The van der Waals surface area contributed by atoms with Gasteiger partial charge in [0.25, 0.3) is 5.91 Å². The third-order valence-corrected chi connectivity index (χ3v) is 3.63. The van der Waals surface area contributed by atoms with Crippen LogP contribution in [0.1, 0.15) is 12.5 Å². The number of carbonyl (C=O) groups excluding carboxylic acids is 2. The molecule has 0 saturated heterocycles. The lowest BCUT2D eigenvalue weighted by molar-refractivity contribution is -0.156. The molecular formula is C18H18BrNO4. The summed E-state index contributed by atoms with van der Waals surface area (Å²) in [6, 6.07) is 16.6. The second-order valence-corrected chi connectivity index (χ2v) is 6.00. The summed E-state index contributed by atoms with van der Waals surface area (Å²) in [5.74, 6) is -0.408. The van der Waals surface area contributed by atoms with Crippen LogP contribution in [0.3, 0.4) is 0 Å². The molecule has 0 heterocycles. The molecular weight excluding hydrogens is 374 g/mol. The van der Waals surface area contributed by atoms with E-state index in [-0.39, 0.29) is 12.5 Å². The fourth-order valence-corrected chi connectivity index (χ4v) is 2.29. The first-order chi connectivity index (χ1) is 11.5. The third-order valence-electron chi connectivity index (χ3n) is 3.14. The van der Waals surface area contributed by atoms with Crippen LogP contribution in [-0.4, -0.2) is 24.6 Å². The molecule has 0 aliphatic heterocycles. The molecule has 0 aliphatic carbocycles. The smallest absolute Gasteiger partial charge is 0.344 e. The van der Waals surface area contributed by atoms with E-state index in [1.54, 1.807) is 18.2 Å². The fourth-order valence-electron chi connectivity index (χ4n) is 1.91. The van der Waals surface area contributed by atoms with Crippen molar-refractivity contribution in [2.24, 2.45) is 0 Å². The van der Waals surface area contributed by atoms with Crippen LogP contribution in [0.25, 0.3) is 0 Å². The van der Waals surface area contributed by atoms with Gasteiger partial charge in [-0.05, 0) is 30.7 Å². The van der Waals surface area contributed by atoms with E-state index in [2.05, 4.69) is 21.2 Å². The summed E-state index contributed by atoms with van der Waals surface area (Å²) >= 11 is 3.32. The summed E-state index contributed by atoms with van der Waals surface area (Å²) < 4.78 is 11.2. The van der Waals surface area contributed by atoms with Gasteiger partial charge in [0.2, 0.25) is 0 Å². The number of hydrogen-bond acceptors (Lipinski definition) is 4. The standard InChI is InChI=1S/C18H18BrNO4/c1-13(18(22)20-11-14-6-3-2-4-7-14)24-17(21)12-23-16-9-5-8-15(19)10-16/h2-10,13H,11-12H2,1H3,(H,20,22)/t13-/m1/s1. The summed E-state index contributed by atoms with van der Waals surface area (Å²) in [6.07, 6.45) is -0.882. The zero-order chi connectivity index (χ0) is 17.4. The first-order valence-corrected chi connectivity index (χ1v) is 8.23. The van der Waals surface area contributed by atoms with Gasteiger partial charge >= 0.3 is 5.97 Å². The van der Waals surface area contributed by atoms with Crippen LogP contribution in [0.4, 0.5) is 0 Å². The highest BCUT2D eigenvalue weighted by molar-refractivity contribution is 9.10. The Labute approximate surface area is 149 Å². The molecule has 0 fully saturated rings. The van der Waals surface area contributed by atoms with Crippen molar-refractivity contribution in [1.29, 1.82) is 0 Å². The molecule has 0 aromatic heterocycles. The van der Waals surface area contributed by atoms with Gasteiger partial charge in [0.05, 0.1) is 0 Å². The molecule has 2 aromatic rings. The maximum Gasteiger partial charge on any atom is 0.344 e. The van der Waals surface area contributed by atoms with Crippen LogP contribution in [0.2, 0.25) is 0 Å². The number of carbonyl (C=O) groups is 2. The molecule has 6 heteroatoms. The summed E-state index contributed by atoms with van der Waals surface area (Å²) in [5, 5.41) is 2.72. The van der Waals surface area contributed by atoms with Gasteiger partial charge in [0.1, 0.15) is 5.75 Å². The van der Waals surface area contributed by atoms with Crippen LogP contribution in [0.15, 0.2) is 59.1 Å². The zero-order valence-corrected chi connectivity index (χ0v) is 14.8. The lowest BCUT2D eigenvalue weighted by Crippen LogP contribution is -2.36. The predicted octanol–water partition coefficient (Wildman–Crippen LogP) is 3.08. The molecule has 1 N–H and O–H groups in total. The van der Waals surface area contributed by atoms with Crippen molar-refractivity contribution in [1.82, 2.24) is 5.32 Å². The molecule has 126 valence electrons. The Hall–Kier alpha value is -2.34. The van der Waals surface area contributed by atoms with Gasteiger partial charge in [-0.25, -0.2) is 4.79 Å². The van der Waals surface area contributed by atoms with Crippen molar-refractivity contribution in [3.63, 3.8) is 0 Å². The Bertz CT molecular complexity index is 690. The molecule has 5 nitrogen and oxygen atoms in total. The second-order valence-electron chi connectivity index (χ2n) is 5.08. The number of amides is 1. The van der Waals surface area contributed by atoms with Crippen molar-refractivity contribution >= 4 is 27.8 Å². The van der Waals surface area contributed by atoms with E-state index in [9.17, 15) is 9.59 Å². The lowest BCUT2D eigenvalue weighted by Gasteiger charge is -2.14. The quantitative estimate of drug-likeness (QED) is 0.736. The van der Waals surface area contributed by atoms with E-state index in [4.69, 9.17) is 9.47 Å². The normalized spacial score (nSPS) is 11.4. The first-order valence-electron chi connectivity index (χ1n) is 7.44. The van der Waals surface area contributed by atoms with E-state index < -0.39 is 12.1 Å². The minimum Gasteiger partial charge on any atom is -0.482 e. The lowest BCUT2D eigenvalue weighted by atomic mass is 10.2. The molecule has 1 atom stereocenters. The van der Waals surface area contributed by atoms with E-state index in [1.165, 1.54) is 6.92 Å². The Morgan fingerprint density at radius 1 is 1.12 bits per heavy atom. The zero-order valence-electron chi connectivity index (χ0n) is 13.2. The molecule has 0 radical (unpaired) electrons. The fraction of sp³-hybridized carbons (Fsp3) is 0.222. The van der Waals surface area contributed by atoms with Gasteiger partial charge in [-0.15, -0.1) is 0 Å². The topological polar surface area (TPSA) is 64.6 Å². The van der Waals surface area contributed by atoms with Crippen LogP contribution >= 0.6 is 15.9 Å². The molecule has 24 heavy (non-hydrogen) atoms. The second kappa shape index (κ2) is 9.08. The van der Waals surface area contributed by atoms with Crippen molar-refractivity contribution in [3.05, 3.63) is 64.6 Å². The highest BCUT2D eigenvalue weighted by Gasteiger charge is 2.17. The number of halogens is 1. The van der Waals surface area contributed by atoms with Gasteiger partial charge in [-0.2, -0.15) is 0 Å². The van der Waals surface area contributed by atoms with E-state index in [1.807, 2.05) is 36.4 Å². The SMILES string of the molecule is C[C@@H](OC(=O)COc1cccc(Br)c1)C(=O)NCc1ccccc1. The van der Waals surface area contributed by atoms with E-state index in [0.717, 1.165) is 10.0 Å². The molecule has 0 spiro atoms. The third kappa shape index (κ3) is 6.04. The Kier molecular flexibility index (Phi) is 6.81. The summed E-state index contributed by atoms with van der Waals surface area (Å²) in [7, 11) is 0. The number of nitrogens with one attached hydrogen (secondary N) is 1. The highest BCUT2D eigenvalue weighted by atomic mass is 79.9. The van der Waals surface area contributed by atoms with Crippen LogP contribution in [0.5, 0.6) is 5.75 Å². The average molecular weight is 392 g/mol. The number of benzene rings is 2. The van der Waals surface area contributed by atoms with Crippen molar-refractivity contribution < 1.29 is 19.1 Å². The van der Waals surface area contributed by atoms with Gasteiger partial charge in [-0.3, -0.25) is 4.79 Å². The van der Waals surface area contributed by atoms with Gasteiger partial charge < -0.3 is 14.8 Å². The van der Waals surface area contributed by atoms with Gasteiger partial charge in [0, 0.05) is 11.0 Å². The predicted molar refractivity (Wildman–Crippen MR) is 93.5 cm³/mol. The maximum absolute atomic E-state index is 11.9. The first kappa shape index (κ1) is 18.0. The number of esters is 1. The van der Waals surface area contributed by atoms with Crippen molar-refractivity contribution in [2.45, 2.75) is 19.6 Å². The molecule has 2 rings (SSSR count). The minimum absolute atomic E-state index is 0.257. The Morgan fingerprint density at radius 2 is 1.88 bits per heavy atom. The van der Waals surface area contributed by atoms with Crippen molar-refractivity contribution in [2.75, 3.05) is 6.61 Å². The van der Waals surface area contributed by atoms with Crippen molar-refractivity contribution in [3.8, 4) is 5.75 Å². The monoisotopic (exact) mass is 391 g/mol. The maximum atomic E-state index is 11.9. The summed E-state index contributed by atoms with van der Waals surface area (Å²) in [5.41, 5.74) is 0.974. The van der Waals surface area contributed by atoms with E-state index in [0.29, 0.717) is 12.3 Å². The van der Waals surface area contributed by atoms with Gasteiger partial charge in [0.15, 0.2) is 12.7 Å². The van der Waals surface area contributed by atoms with Crippen LogP contribution in [0, 0.1) is 0 Å². The van der Waals surface area contributed by atoms with Crippen LogP contribution in [-0.2, 0) is 20.9 Å². The van der Waals surface area contributed by atoms with Crippen LogP contribution < -0.4 is 10.1 Å². The van der Waals surface area contributed by atoms with Gasteiger partial charge in [-0.1, -0.05) is 52.3 Å². The van der Waals surface area contributed by atoms with E-state index >= 15 is 0 Å².